The fraction of sp³-hybridized carbons (Fsp3) is 0. The summed E-state index contributed by atoms with van der Waals surface area (Å²) < 4.78 is 2.64. The standard InChI is InChI=1S/C26H16Br2N2OS2/c27-18-8-12-20(13-9-18)32-26(33-21-14-10-19(28)11-15-21)24(16-29)30-25(31)23-7-3-5-17-4-1-2-6-22(17)23/h1-15H,(H,30,31). The van der Waals surface area contributed by atoms with Gasteiger partial charge < -0.3 is 5.32 Å². The highest BCUT2D eigenvalue weighted by Crippen LogP contribution is 2.41. The molecule has 0 saturated heterocycles. The number of nitrogens with zero attached hydrogens (tertiary/aromatic N) is 1. The summed E-state index contributed by atoms with van der Waals surface area (Å²) in [6.07, 6.45) is 0. The first kappa shape index (κ1) is 23.7. The van der Waals surface area contributed by atoms with Crippen molar-refractivity contribution in [1.29, 1.82) is 5.26 Å². The number of carbonyl (C=O) groups is 1. The van der Waals surface area contributed by atoms with E-state index in [1.807, 2.05) is 84.9 Å². The minimum atomic E-state index is -0.311. The maximum absolute atomic E-state index is 13.2. The van der Waals surface area contributed by atoms with Gasteiger partial charge in [0.1, 0.15) is 11.8 Å². The molecule has 0 aromatic heterocycles. The Morgan fingerprint density at radius 1 is 0.758 bits per heavy atom. The molecule has 7 heteroatoms. The monoisotopic (exact) mass is 594 g/mol. The molecule has 0 fully saturated rings. The van der Waals surface area contributed by atoms with Gasteiger partial charge in [-0.2, -0.15) is 5.26 Å². The Balaban J connectivity index is 1.70. The summed E-state index contributed by atoms with van der Waals surface area (Å²) in [5.74, 6) is -0.311. The highest BCUT2D eigenvalue weighted by Gasteiger charge is 2.17. The number of halogens is 2. The summed E-state index contributed by atoms with van der Waals surface area (Å²) in [7, 11) is 0. The number of nitriles is 1. The van der Waals surface area contributed by atoms with Crippen LogP contribution in [0.25, 0.3) is 10.8 Å². The number of rotatable bonds is 6. The van der Waals surface area contributed by atoms with E-state index in [2.05, 4.69) is 43.2 Å². The van der Waals surface area contributed by atoms with E-state index < -0.39 is 0 Å². The van der Waals surface area contributed by atoms with Crippen molar-refractivity contribution in [3.8, 4) is 6.07 Å². The number of amides is 1. The van der Waals surface area contributed by atoms with Gasteiger partial charge in [0.05, 0.1) is 4.24 Å². The van der Waals surface area contributed by atoms with Crippen molar-refractivity contribution >= 4 is 72.1 Å². The molecular formula is C26H16Br2N2OS2. The first-order valence-corrected chi connectivity index (χ1v) is 13.1. The van der Waals surface area contributed by atoms with Crippen molar-refractivity contribution in [2.75, 3.05) is 0 Å². The zero-order valence-electron chi connectivity index (χ0n) is 17.1. The second-order valence-corrected chi connectivity index (χ2v) is 11.1. The Morgan fingerprint density at radius 2 is 1.30 bits per heavy atom. The molecule has 0 spiro atoms. The molecule has 0 radical (unpaired) electrons. The van der Waals surface area contributed by atoms with Gasteiger partial charge in [-0.05, 0) is 65.4 Å². The lowest BCUT2D eigenvalue weighted by molar-refractivity contribution is 0.0969. The molecular weight excluding hydrogens is 580 g/mol. The molecule has 33 heavy (non-hydrogen) atoms. The minimum absolute atomic E-state index is 0.216. The van der Waals surface area contributed by atoms with Crippen LogP contribution >= 0.6 is 55.4 Å². The summed E-state index contributed by atoms with van der Waals surface area (Å²) in [6.45, 7) is 0. The third-order valence-electron chi connectivity index (χ3n) is 4.64. The average molecular weight is 596 g/mol. The van der Waals surface area contributed by atoms with E-state index in [-0.39, 0.29) is 11.6 Å². The number of thioether (sulfide) groups is 2. The van der Waals surface area contributed by atoms with Crippen LogP contribution in [0, 0.1) is 11.3 Å². The van der Waals surface area contributed by atoms with Crippen LogP contribution in [0.1, 0.15) is 10.4 Å². The van der Waals surface area contributed by atoms with E-state index in [1.54, 1.807) is 6.07 Å². The number of carbonyl (C=O) groups excluding carboxylic acids is 1. The molecule has 3 nitrogen and oxygen atoms in total. The Hall–Kier alpha value is -2.50. The van der Waals surface area contributed by atoms with Crippen LogP contribution in [0.2, 0.25) is 0 Å². The quantitative estimate of drug-likeness (QED) is 0.180. The van der Waals surface area contributed by atoms with Crippen LogP contribution in [0.4, 0.5) is 0 Å². The third kappa shape index (κ3) is 6.10. The van der Waals surface area contributed by atoms with Crippen molar-refractivity contribution in [1.82, 2.24) is 5.32 Å². The number of hydrogen-bond acceptors (Lipinski definition) is 4. The molecule has 4 aromatic rings. The van der Waals surface area contributed by atoms with Gasteiger partial charge in [0.15, 0.2) is 0 Å². The van der Waals surface area contributed by atoms with E-state index in [0.717, 1.165) is 29.5 Å². The van der Waals surface area contributed by atoms with Crippen LogP contribution in [0.15, 0.2) is 120 Å². The number of fused-ring (bicyclic) bond motifs is 1. The zero-order valence-corrected chi connectivity index (χ0v) is 21.9. The molecule has 0 aliphatic heterocycles. The number of benzene rings is 4. The van der Waals surface area contributed by atoms with Crippen LogP contribution in [-0.4, -0.2) is 5.91 Å². The molecule has 0 bridgehead atoms. The summed E-state index contributed by atoms with van der Waals surface area (Å²) in [5, 5.41) is 14.7. The molecule has 0 atom stereocenters. The van der Waals surface area contributed by atoms with Crippen molar-refractivity contribution in [2.24, 2.45) is 0 Å². The first-order valence-electron chi connectivity index (χ1n) is 9.84. The molecule has 0 unspecified atom stereocenters. The third-order valence-corrected chi connectivity index (χ3v) is 7.99. The van der Waals surface area contributed by atoms with Crippen LogP contribution in [-0.2, 0) is 0 Å². The average Bonchev–Trinajstić information content (AvgIpc) is 2.84. The van der Waals surface area contributed by atoms with Gasteiger partial charge in [-0.3, -0.25) is 4.79 Å². The predicted molar refractivity (Wildman–Crippen MR) is 144 cm³/mol. The predicted octanol–water partition coefficient (Wildman–Crippen LogP) is 8.37. The van der Waals surface area contributed by atoms with Crippen LogP contribution < -0.4 is 5.32 Å². The SMILES string of the molecule is N#CC(NC(=O)c1cccc2ccccc12)=C(Sc1ccc(Br)cc1)Sc1ccc(Br)cc1. The van der Waals surface area contributed by atoms with Crippen molar-refractivity contribution < 1.29 is 4.79 Å². The Labute approximate surface area is 217 Å². The van der Waals surface area contributed by atoms with E-state index in [4.69, 9.17) is 0 Å². The Kier molecular flexibility index (Phi) is 7.94. The van der Waals surface area contributed by atoms with Gasteiger partial charge in [-0.1, -0.05) is 91.8 Å². The van der Waals surface area contributed by atoms with E-state index in [9.17, 15) is 10.1 Å². The number of hydrogen-bond donors (Lipinski definition) is 1. The molecule has 4 aromatic carbocycles. The molecule has 0 aliphatic carbocycles. The highest BCUT2D eigenvalue weighted by molar-refractivity contribution is 9.10. The van der Waals surface area contributed by atoms with Gasteiger partial charge in [-0.25, -0.2) is 0 Å². The molecule has 162 valence electrons. The second-order valence-electron chi connectivity index (χ2n) is 6.87. The van der Waals surface area contributed by atoms with Gasteiger partial charge >= 0.3 is 0 Å². The lowest BCUT2D eigenvalue weighted by Crippen LogP contribution is -2.23. The Bertz CT molecular complexity index is 1320. The molecule has 0 saturated carbocycles. The maximum Gasteiger partial charge on any atom is 0.256 e. The molecule has 1 N–H and O–H groups in total. The van der Waals surface area contributed by atoms with Crippen molar-refractivity contribution in [3.63, 3.8) is 0 Å². The first-order chi connectivity index (χ1) is 16.0. The number of nitrogens with one attached hydrogen (secondary N) is 1. The normalized spacial score (nSPS) is 10.5. The largest absolute Gasteiger partial charge is 0.312 e. The zero-order chi connectivity index (χ0) is 23.2. The summed E-state index contributed by atoms with van der Waals surface area (Å²) in [6, 6.07) is 31.2. The van der Waals surface area contributed by atoms with E-state index in [1.165, 1.54) is 23.5 Å². The van der Waals surface area contributed by atoms with E-state index in [0.29, 0.717) is 9.80 Å². The van der Waals surface area contributed by atoms with Crippen molar-refractivity contribution in [2.45, 2.75) is 9.79 Å². The molecule has 1 amide bonds. The summed E-state index contributed by atoms with van der Waals surface area (Å²) in [5.41, 5.74) is 0.747. The topological polar surface area (TPSA) is 52.9 Å². The van der Waals surface area contributed by atoms with Gasteiger partial charge in [0.2, 0.25) is 0 Å². The Morgan fingerprint density at radius 3 is 1.88 bits per heavy atom. The lowest BCUT2D eigenvalue weighted by atomic mass is 10.0. The summed E-state index contributed by atoms with van der Waals surface area (Å²) >= 11 is 9.79. The van der Waals surface area contributed by atoms with Crippen LogP contribution in [0.3, 0.4) is 0 Å². The molecule has 0 aliphatic rings. The lowest BCUT2D eigenvalue weighted by Gasteiger charge is -2.12. The van der Waals surface area contributed by atoms with Crippen molar-refractivity contribution in [3.05, 3.63) is 115 Å². The number of allylic oxidation sites excluding steroid dienone is 1. The molecule has 4 rings (SSSR count). The van der Waals surface area contributed by atoms with Gasteiger partial charge in [0.25, 0.3) is 5.91 Å². The smallest absolute Gasteiger partial charge is 0.256 e. The van der Waals surface area contributed by atoms with E-state index >= 15 is 0 Å². The van der Waals surface area contributed by atoms with Gasteiger partial charge in [-0.15, -0.1) is 0 Å². The van der Waals surface area contributed by atoms with Gasteiger partial charge in [0, 0.05) is 24.3 Å². The maximum atomic E-state index is 13.2. The second kappa shape index (κ2) is 11.1. The fourth-order valence-electron chi connectivity index (χ4n) is 3.07. The minimum Gasteiger partial charge on any atom is -0.312 e. The highest BCUT2D eigenvalue weighted by atomic mass is 79.9. The molecule has 0 heterocycles. The fourth-order valence-corrected chi connectivity index (χ4v) is 5.71. The van der Waals surface area contributed by atoms with Crippen LogP contribution in [0.5, 0.6) is 0 Å². The summed E-state index contributed by atoms with van der Waals surface area (Å²) in [4.78, 5) is 15.1.